The molecule has 1 N–H and O–H groups in total. The van der Waals surface area contributed by atoms with E-state index in [0.29, 0.717) is 13.1 Å². The Morgan fingerprint density at radius 3 is 2.38 bits per heavy atom. The SMILES string of the molecule is COC1(C=O)CNC1. The molecular weight excluding hydrogens is 106 g/mol. The third-order valence-corrected chi connectivity index (χ3v) is 1.47. The summed E-state index contributed by atoms with van der Waals surface area (Å²) in [6, 6.07) is 0. The molecule has 0 saturated carbocycles. The lowest BCUT2D eigenvalue weighted by atomic mass is 10.00. The van der Waals surface area contributed by atoms with Crippen LogP contribution in [0.5, 0.6) is 0 Å². The quantitative estimate of drug-likeness (QED) is 0.477. The zero-order chi connectivity index (χ0) is 6.04. The maximum absolute atomic E-state index is 10.2. The molecule has 1 aliphatic rings. The summed E-state index contributed by atoms with van der Waals surface area (Å²) in [6.45, 7) is 1.32. The van der Waals surface area contributed by atoms with Crippen molar-refractivity contribution in [1.82, 2.24) is 5.32 Å². The molecule has 0 spiro atoms. The van der Waals surface area contributed by atoms with E-state index in [1.807, 2.05) is 0 Å². The molecule has 0 aromatic carbocycles. The maximum Gasteiger partial charge on any atom is 0.154 e. The minimum Gasteiger partial charge on any atom is -0.368 e. The monoisotopic (exact) mass is 115 g/mol. The number of hydrogen-bond acceptors (Lipinski definition) is 3. The van der Waals surface area contributed by atoms with Crippen molar-refractivity contribution in [3.63, 3.8) is 0 Å². The van der Waals surface area contributed by atoms with Crippen LogP contribution in [0.1, 0.15) is 0 Å². The van der Waals surface area contributed by atoms with E-state index in [1.165, 1.54) is 0 Å². The second-order valence-electron chi connectivity index (χ2n) is 1.99. The van der Waals surface area contributed by atoms with Crippen LogP contribution >= 0.6 is 0 Å². The Labute approximate surface area is 48.0 Å². The van der Waals surface area contributed by atoms with Crippen molar-refractivity contribution in [1.29, 1.82) is 0 Å². The molecule has 0 radical (unpaired) electrons. The normalized spacial score (nSPS) is 24.1. The summed E-state index contributed by atoms with van der Waals surface area (Å²) in [5.74, 6) is 0. The molecule has 0 aliphatic carbocycles. The molecule has 46 valence electrons. The molecule has 1 rings (SSSR count). The van der Waals surface area contributed by atoms with Crippen LogP contribution < -0.4 is 5.32 Å². The molecule has 0 unspecified atom stereocenters. The summed E-state index contributed by atoms with van der Waals surface area (Å²) in [5.41, 5.74) is -0.486. The minimum absolute atomic E-state index is 0.486. The summed E-state index contributed by atoms with van der Waals surface area (Å²) in [7, 11) is 1.55. The van der Waals surface area contributed by atoms with E-state index in [4.69, 9.17) is 4.74 Å². The van der Waals surface area contributed by atoms with Gasteiger partial charge in [-0.25, -0.2) is 0 Å². The topological polar surface area (TPSA) is 38.3 Å². The van der Waals surface area contributed by atoms with Crippen molar-refractivity contribution < 1.29 is 9.53 Å². The number of ether oxygens (including phenoxy) is 1. The molecule has 1 heterocycles. The first-order chi connectivity index (χ1) is 3.83. The Kier molecular flexibility index (Phi) is 1.31. The third kappa shape index (κ3) is 0.638. The van der Waals surface area contributed by atoms with Crippen LogP contribution in [0.25, 0.3) is 0 Å². The molecule has 0 aromatic heterocycles. The molecule has 1 aliphatic heterocycles. The first-order valence-electron chi connectivity index (χ1n) is 2.55. The van der Waals surface area contributed by atoms with Gasteiger partial charge in [0.2, 0.25) is 0 Å². The lowest BCUT2D eigenvalue weighted by Gasteiger charge is -2.35. The molecular formula is C5H9NO2. The van der Waals surface area contributed by atoms with E-state index in [-0.39, 0.29) is 0 Å². The van der Waals surface area contributed by atoms with Crippen LogP contribution in [0.3, 0.4) is 0 Å². The van der Waals surface area contributed by atoms with Crippen molar-refractivity contribution in [3.05, 3.63) is 0 Å². The number of carbonyl (C=O) groups is 1. The zero-order valence-electron chi connectivity index (χ0n) is 4.81. The average Bonchev–Trinajstić information content (AvgIpc) is 1.67. The lowest BCUT2D eigenvalue weighted by Crippen LogP contribution is -2.61. The molecule has 0 atom stereocenters. The Morgan fingerprint density at radius 1 is 1.75 bits per heavy atom. The van der Waals surface area contributed by atoms with Gasteiger partial charge >= 0.3 is 0 Å². The third-order valence-electron chi connectivity index (χ3n) is 1.47. The molecule has 3 heteroatoms. The van der Waals surface area contributed by atoms with Gasteiger partial charge in [0, 0.05) is 20.2 Å². The molecule has 0 bridgehead atoms. The van der Waals surface area contributed by atoms with Crippen LogP contribution in [-0.4, -0.2) is 32.1 Å². The highest BCUT2D eigenvalue weighted by Gasteiger charge is 2.36. The fourth-order valence-corrected chi connectivity index (χ4v) is 0.647. The van der Waals surface area contributed by atoms with Gasteiger partial charge in [-0.1, -0.05) is 0 Å². The first kappa shape index (κ1) is 5.72. The summed E-state index contributed by atoms with van der Waals surface area (Å²) >= 11 is 0. The van der Waals surface area contributed by atoms with Gasteiger partial charge in [-0.3, -0.25) is 0 Å². The predicted molar refractivity (Wildman–Crippen MR) is 28.7 cm³/mol. The standard InChI is InChI=1S/C5H9NO2/c1-8-5(4-7)2-6-3-5/h4,6H,2-3H2,1H3. The average molecular weight is 115 g/mol. The van der Waals surface area contributed by atoms with Crippen LogP contribution in [-0.2, 0) is 9.53 Å². The van der Waals surface area contributed by atoms with E-state index >= 15 is 0 Å². The van der Waals surface area contributed by atoms with Crippen molar-refractivity contribution >= 4 is 6.29 Å². The number of hydrogen-bond donors (Lipinski definition) is 1. The maximum atomic E-state index is 10.2. The highest BCUT2D eigenvalue weighted by atomic mass is 16.5. The van der Waals surface area contributed by atoms with E-state index in [0.717, 1.165) is 6.29 Å². The van der Waals surface area contributed by atoms with Crippen LogP contribution in [0, 0.1) is 0 Å². The van der Waals surface area contributed by atoms with Crippen molar-refractivity contribution in [2.45, 2.75) is 5.60 Å². The van der Waals surface area contributed by atoms with Gasteiger partial charge in [-0.15, -0.1) is 0 Å². The summed E-state index contributed by atoms with van der Waals surface area (Å²) < 4.78 is 4.89. The summed E-state index contributed by atoms with van der Waals surface area (Å²) in [5, 5.41) is 2.95. The number of aldehydes is 1. The number of rotatable bonds is 2. The van der Waals surface area contributed by atoms with Gasteiger partial charge in [0.1, 0.15) is 5.60 Å². The second kappa shape index (κ2) is 1.84. The summed E-state index contributed by atoms with van der Waals surface area (Å²) in [6.07, 6.45) is 0.851. The predicted octanol–water partition coefficient (Wildman–Crippen LogP) is -0.826. The molecule has 0 amide bonds. The highest BCUT2D eigenvalue weighted by Crippen LogP contribution is 2.10. The van der Waals surface area contributed by atoms with E-state index in [1.54, 1.807) is 7.11 Å². The highest BCUT2D eigenvalue weighted by molar-refractivity contribution is 5.65. The van der Waals surface area contributed by atoms with E-state index in [2.05, 4.69) is 5.32 Å². The molecule has 8 heavy (non-hydrogen) atoms. The van der Waals surface area contributed by atoms with Crippen molar-refractivity contribution in [3.8, 4) is 0 Å². The van der Waals surface area contributed by atoms with Gasteiger partial charge in [0.05, 0.1) is 0 Å². The second-order valence-corrected chi connectivity index (χ2v) is 1.99. The number of carbonyl (C=O) groups excluding carboxylic acids is 1. The van der Waals surface area contributed by atoms with Gasteiger partial charge in [-0.2, -0.15) is 0 Å². The fraction of sp³-hybridized carbons (Fsp3) is 0.800. The molecule has 1 fully saturated rings. The molecule has 3 nitrogen and oxygen atoms in total. The largest absolute Gasteiger partial charge is 0.368 e. The van der Waals surface area contributed by atoms with Crippen LogP contribution in [0.2, 0.25) is 0 Å². The Morgan fingerprint density at radius 2 is 2.38 bits per heavy atom. The molecule has 1 saturated heterocycles. The van der Waals surface area contributed by atoms with Gasteiger partial charge in [0.15, 0.2) is 6.29 Å². The smallest absolute Gasteiger partial charge is 0.154 e. The van der Waals surface area contributed by atoms with Gasteiger partial charge in [-0.05, 0) is 0 Å². The fourth-order valence-electron chi connectivity index (χ4n) is 0.647. The first-order valence-corrected chi connectivity index (χ1v) is 2.55. The van der Waals surface area contributed by atoms with Crippen LogP contribution in [0.15, 0.2) is 0 Å². The molecule has 0 aromatic rings. The van der Waals surface area contributed by atoms with Crippen molar-refractivity contribution in [2.75, 3.05) is 20.2 Å². The van der Waals surface area contributed by atoms with Gasteiger partial charge < -0.3 is 14.8 Å². The Balaban J connectivity index is 2.45. The minimum atomic E-state index is -0.486. The number of nitrogens with one attached hydrogen (secondary N) is 1. The Hall–Kier alpha value is -0.410. The van der Waals surface area contributed by atoms with E-state index < -0.39 is 5.60 Å². The van der Waals surface area contributed by atoms with Crippen molar-refractivity contribution in [2.24, 2.45) is 0 Å². The zero-order valence-corrected chi connectivity index (χ0v) is 4.81. The lowest BCUT2D eigenvalue weighted by molar-refractivity contribution is -0.133. The van der Waals surface area contributed by atoms with E-state index in [9.17, 15) is 4.79 Å². The van der Waals surface area contributed by atoms with Crippen LogP contribution in [0.4, 0.5) is 0 Å². The number of methoxy groups -OCH3 is 1. The summed E-state index contributed by atoms with van der Waals surface area (Å²) in [4.78, 5) is 10.2. The van der Waals surface area contributed by atoms with Gasteiger partial charge in [0.25, 0.3) is 0 Å². The Bertz CT molecular complexity index is 93.1.